The summed E-state index contributed by atoms with van der Waals surface area (Å²) in [5, 5.41) is 5.35. The molecule has 0 amide bonds. The Bertz CT molecular complexity index is 492. The van der Waals surface area contributed by atoms with Crippen LogP contribution in [0.3, 0.4) is 0 Å². The second-order valence-electron chi connectivity index (χ2n) is 5.12. The monoisotopic (exact) mass is 226 g/mol. The van der Waals surface area contributed by atoms with Gasteiger partial charge in [-0.15, -0.1) is 0 Å². The molecule has 0 aliphatic carbocycles. The lowest BCUT2D eigenvalue weighted by Gasteiger charge is -2.20. The van der Waals surface area contributed by atoms with E-state index in [1.54, 1.807) is 0 Å². The minimum Gasteiger partial charge on any atom is -0.344 e. The van der Waals surface area contributed by atoms with Crippen molar-refractivity contribution >= 4 is 10.8 Å². The lowest BCUT2D eigenvalue weighted by molar-refractivity contribution is -0.697. The Kier molecular flexibility index (Phi) is 3.10. The molecule has 2 N–H and O–H groups in total. The third-order valence-corrected chi connectivity index (χ3v) is 3.89. The number of hydrogen-bond donors (Lipinski definition) is 1. The van der Waals surface area contributed by atoms with Gasteiger partial charge in [-0.3, -0.25) is 0 Å². The number of benzene rings is 2. The maximum absolute atomic E-state index is 2.53. The molecule has 0 unspecified atom stereocenters. The first kappa shape index (κ1) is 10.8. The molecular formula is C16H20N+. The number of quaternary nitrogens is 1. The van der Waals surface area contributed by atoms with Crippen LogP contribution in [0.4, 0.5) is 0 Å². The van der Waals surface area contributed by atoms with Gasteiger partial charge in [-0.2, -0.15) is 0 Å². The fourth-order valence-electron chi connectivity index (χ4n) is 2.96. The smallest absolute Gasteiger partial charge is 0.0900 e. The first-order valence-electron chi connectivity index (χ1n) is 6.73. The Hall–Kier alpha value is -1.34. The highest BCUT2D eigenvalue weighted by Gasteiger charge is 2.17. The fraction of sp³-hybridized carbons (Fsp3) is 0.375. The van der Waals surface area contributed by atoms with Gasteiger partial charge in [-0.05, 0) is 35.6 Å². The van der Waals surface area contributed by atoms with E-state index in [0.717, 1.165) is 6.04 Å². The summed E-state index contributed by atoms with van der Waals surface area (Å²) in [5.74, 6) is 0. The molecular weight excluding hydrogens is 206 g/mol. The van der Waals surface area contributed by atoms with Gasteiger partial charge >= 0.3 is 0 Å². The van der Waals surface area contributed by atoms with Crippen LogP contribution in [-0.4, -0.2) is 12.6 Å². The van der Waals surface area contributed by atoms with Gasteiger partial charge in [0.1, 0.15) is 0 Å². The maximum Gasteiger partial charge on any atom is 0.0900 e. The normalized spacial score (nSPS) is 20.6. The van der Waals surface area contributed by atoms with Gasteiger partial charge in [0.15, 0.2) is 0 Å². The molecule has 2 aromatic carbocycles. The van der Waals surface area contributed by atoms with E-state index in [1.165, 1.54) is 48.6 Å². The number of fused-ring (bicyclic) bond motifs is 1. The van der Waals surface area contributed by atoms with Crippen molar-refractivity contribution in [1.29, 1.82) is 0 Å². The summed E-state index contributed by atoms with van der Waals surface area (Å²) < 4.78 is 0. The molecule has 0 radical (unpaired) electrons. The highest BCUT2D eigenvalue weighted by atomic mass is 14.9. The molecule has 1 nitrogen and oxygen atoms in total. The van der Waals surface area contributed by atoms with E-state index < -0.39 is 0 Å². The highest BCUT2D eigenvalue weighted by Crippen LogP contribution is 2.20. The zero-order valence-electron chi connectivity index (χ0n) is 10.2. The minimum absolute atomic E-state index is 0.801. The Morgan fingerprint density at radius 1 is 1.00 bits per heavy atom. The number of rotatable bonds is 2. The van der Waals surface area contributed by atoms with Gasteiger partial charge in [0.25, 0.3) is 0 Å². The molecule has 1 aliphatic rings. The molecule has 1 fully saturated rings. The quantitative estimate of drug-likeness (QED) is 0.810. The Balaban J connectivity index is 1.89. The van der Waals surface area contributed by atoms with E-state index in [-0.39, 0.29) is 0 Å². The molecule has 1 heterocycles. The van der Waals surface area contributed by atoms with E-state index in [9.17, 15) is 0 Å². The first-order chi connectivity index (χ1) is 8.43. The predicted octanol–water partition coefficient (Wildman–Crippen LogP) is 2.50. The topological polar surface area (TPSA) is 16.6 Å². The molecule has 1 atom stereocenters. The summed E-state index contributed by atoms with van der Waals surface area (Å²) in [6.07, 6.45) is 5.41. The van der Waals surface area contributed by atoms with Gasteiger partial charge in [-0.1, -0.05) is 42.5 Å². The van der Waals surface area contributed by atoms with E-state index in [2.05, 4.69) is 47.8 Å². The van der Waals surface area contributed by atoms with Crippen LogP contribution in [0.5, 0.6) is 0 Å². The van der Waals surface area contributed by atoms with Crippen molar-refractivity contribution in [2.75, 3.05) is 6.54 Å². The minimum atomic E-state index is 0.801. The molecule has 1 aliphatic heterocycles. The van der Waals surface area contributed by atoms with Crippen molar-refractivity contribution in [2.45, 2.75) is 31.7 Å². The third-order valence-electron chi connectivity index (χ3n) is 3.89. The Morgan fingerprint density at radius 2 is 1.88 bits per heavy atom. The first-order valence-corrected chi connectivity index (χ1v) is 6.73. The van der Waals surface area contributed by atoms with Crippen LogP contribution in [0.25, 0.3) is 10.8 Å². The number of nitrogens with two attached hydrogens (primary N) is 1. The van der Waals surface area contributed by atoms with Crippen molar-refractivity contribution in [3.8, 4) is 0 Å². The second-order valence-corrected chi connectivity index (χ2v) is 5.12. The van der Waals surface area contributed by atoms with E-state index in [4.69, 9.17) is 0 Å². The molecule has 3 rings (SSSR count). The van der Waals surface area contributed by atoms with Crippen molar-refractivity contribution < 1.29 is 5.32 Å². The summed E-state index contributed by atoms with van der Waals surface area (Å²) >= 11 is 0. The van der Waals surface area contributed by atoms with Crippen LogP contribution >= 0.6 is 0 Å². The maximum atomic E-state index is 2.53. The molecule has 1 saturated heterocycles. The van der Waals surface area contributed by atoms with Crippen LogP contribution in [0.2, 0.25) is 0 Å². The zero-order chi connectivity index (χ0) is 11.5. The summed E-state index contributed by atoms with van der Waals surface area (Å²) in [4.78, 5) is 0. The molecule has 0 saturated carbocycles. The summed E-state index contributed by atoms with van der Waals surface area (Å²) in [7, 11) is 0. The third kappa shape index (κ3) is 2.34. The van der Waals surface area contributed by atoms with Crippen molar-refractivity contribution in [3.05, 3.63) is 48.0 Å². The van der Waals surface area contributed by atoms with Gasteiger partial charge in [-0.25, -0.2) is 0 Å². The van der Waals surface area contributed by atoms with Crippen LogP contribution < -0.4 is 5.32 Å². The largest absolute Gasteiger partial charge is 0.344 e. The van der Waals surface area contributed by atoms with Crippen LogP contribution in [0.15, 0.2) is 42.5 Å². The average molecular weight is 226 g/mol. The molecule has 0 bridgehead atoms. The lowest BCUT2D eigenvalue weighted by Crippen LogP contribution is -2.91. The zero-order valence-corrected chi connectivity index (χ0v) is 10.2. The van der Waals surface area contributed by atoms with Crippen molar-refractivity contribution in [3.63, 3.8) is 0 Å². The van der Waals surface area contributed by atoms with Gasteiger partial charge in [0.2, 0.25) is 0 Å². The van der Waals surface area contributed by atoms with Gasteiger partial charge in [0.05, 0.1) is 12.6 Å². The summed E-state index contributed by atoms with van der Waals surface area (Å²) in [6.45, 7) is 1.31. The summed E-state index contributed by atoms with van der Waals surface area (Å²) in [5.41, 5.74) is 1.52. The molecule has 88 valence electrons. The molecule has 2 aromatic rings. The standard InChI is InChI=1S/C16H19N/c1-2-10-16-13(6-1)7-5-8-14(16)12-15-9-3-4-11-17-15/h1-2,5-8,10,15,17H,3-4,9,11-12H2/p+1/t15-/m0/s1. The van der Waals surface area contributed by atoms with Crippen LogP contribution in [-0.2, 0) is 6.42 Å². The Morgan fingerprint density at radius 3 is 2.76 bits per heavy atom. The molecule has 17 heavy (non-hydrogen) atoms. The summed E-state index contributed by atoms with van der Waals surface area (Å²) in [6, 6.07) is 16.2. The Labute approximate surface area is 103 Å². The number of hydrogen-bond acceptors (Lipinski definition) is 0. The fourth-order valence-corrected chi connectivity index (χ4v) is 2.96. The average Bonchev–Trinajstić information content (AvgIpc) is 2.40. The van der Waals surface area contributed by atoms with Gasteiger partial charge < -0.3 is 5.32 Å². The van der Waals surface area contributed by atoms with E-state index >= 15 is 0 Å². The van der Waals surface area contributed by atoms with Crippen LogP contribution in [0.1, 0.15) is 24.8 Å². The second kappa shape index (κ2) is 4.89. The van der Waals surface area contributed by atoms with E-state index in [0.29, 0.717) is 0 Å². The van der Waals surface area contributed by atoms with E-state index in [1.807, 2.05) is 0 Å². The van der Waals surface area contributed by atoms with Crippen LogP contribution in [0, 0.1) is 0 Å². The molecule has 0 spiro atoms. The number of piperidine rings is 1. The molecule has 0 aromatic heterocycles. The molecule has 1 heteroatoms. The SMILES string of the molecule is c1ccc2c(C[C@@H]3CCCC[NH2+]3)cccc2c1. The lowest BCUT2D eigenvalue weighted by atomic mass is 9.94. The van der Waals surface area contributed by atoms with Crippen molar-refractivity contribution in [1.82, 2.24) is 0 Å². The van der Waals surface area contributed by atoms with Crippen molar-refractivity contribution in [2.24, 2.45) is 0 Å². The van der Waals surface area contributed by atoms with Gasteiger partial charge in [0, 0.05) is 6.42 Å². The predicted molar refractivity (Wildman–Crippen MR) is 72.1 cm³/mol. The highest BCUT2D eigenvalue weighted by molar-refractivity contribution is 5.85.